The van der Waals surface area contributed by atoms with Gasteiger partial charge in [0.25, 0.3) is 0 Å². The van der Waals surface area contributed by atoms with Gasteiger partial charge >= 0.3 is 0 Å². The summed E-state index contributed by atoms with van der Waals surface area (Å²) in [6, 6.07) is 7.41. The fourth-order valence-corrected chi connectivity index (χ4v) is 3.25. The van der Waals surface area contributed by atoms with Crippen LogP contribution in [0.4, 0.5) is 0 Å². The second kappa shape index (κ2) is 14.9. The van der Waals surface area contributed by atoms with Crippen molar-refractivity contribution in [1.29, 1.82) is 0 Å². The van der Waals surface area contributed by atoms with Gasteiger partial charge in [0.05, 0.1) is 32.5 Å². The summed E-state index contributed by atoms with van der Waals surface area (Å²) in [7, 11) is 1.63. The van der Waals surface area contributed by atoms with Crippen molar-refractivity contribution in [3.05, 3.63) is 29.8 Å². The Morgan fingerprint density at radius 2 is 1.82 bits per heavy atom. The van der Waals surface area contributed by atoms with Crippen LogP contribution >= 0.6 is 24.0 Å². The molecule has 0 amide bonds. The van der Waals surface area contributed by atoms with Gasteiger partial charge < -0.3 is 25.2 Å². The van der Waals surface area contributed by atoms with E-state index in [1.165, 1.54) is 38.5 Å². The van der Waals surface area contributed by atoms with Crippen molar-refractivity contribution < 1.29 is 14.6 Å². The first-order valence-corrected chi connectivity index (χ1v) is 10.2. The lowest BCUT2D eigenvalue weighted by Gasteiger charge is -2.17. The van der Waals surface area contributed by atoms with Gasteiger partial charge in [-0.15, -0.1) is 24.0 Å². The molecule has 0 saturated heterocycles. The van der Waals surface area contributed by atoms with Crippen molar-refractivity contribution in [1.82, 2.24) is 10.6 Å². The Bertz CT molecular complexity index is 546. The number of aliphatic imine (C=N–C) groups is 1. The average Bonchev–Trinajstić information content (AvgIpc) is 2.98. The third kappa shape index (κ3) is 9.43. The van der Waals surface area contributed by atoms with Crippen LogP contribution in [0.25, 0.3) is 0 Å². The van der Waals surface area contributed by atoms with E-state index in [1.54, 1.807) is 7.11 Å². The van der Waals surface area contributed by atoms with Gasteiger partial charge in [-0.05, 0) is 37.5 Å². The molecule has 1 aliphatic carbocycles. The second-order valence-corrected chi connectivity index (χ2v) is 6.92. The molecular weight excluding hydrogens is 469 g/mol. The van der Waals surface area contributed by atoms with Crippen LogP contribution in [0.2, 0.25) is 0 Å². The zero-order valence-electron chi connectivity index (χ0n) is 17.2. The van der Waals surface area contributed by atoms with E-state index < -0.39 is 6.10 Å². The fourth-order valence-electron chi connectivity index (χ4n) is 3.25. The molecule has 0 aliphatic heterocycles. The Hall–Kier alpha value is -1.06. The first-order valence-electron chi connectivity index (χ1n) is 10.2. The normalized spacial score (nSPS) is 16.6. The molecule has 2 rings (SSSR count). The fraction of sp³-hybridized carbons (Fsp3) is 0.667. The highest BCUT2D eigenvalue weighted by Gasteiger charge is 2.12. The topological polar surface area (TPSA) is 75.1 Å². The number of benzene rings is 1. The molecule has 0 bridgehead atoms. The molecule has 1 fully saturated rings. The van der Waals surface area contributed by atoms with Crippen LogP contribution in [0.15, 0.2) is 29.3 Å². The summed E-state index contributed by atoms with van der Waals surface area (Å²) in [6.07, 6.45) is 7.37. The number of rotatable bonds is 9. The van der Waals surface area contributed by atoms with E-state index in [1.807, 2.05) is 31.2 Å². The third-order valence-electron chi connectivity index (χ3n) is 4.82. The molecule has 0 heterocycles. The van der Waals surface area contributed by atoms with Crippen molar-refractivity contribution in [3.63, 3.8) is 0 Å². The number of aliphatic hydroxyl groups excluding tert-OH is 1. The maximum absolute atomic E-state index is 10.3. The predicted molar refractivity (Wildman–Crippen MR) is 125 cm³/mol. The van der Waals surface area contributed by atoms with Crippen LogP contribution in [0.1, 0.15) is 57.1 Å². The maximum Gasteiger partial charge on any atom is 0.191 e. The van der Waals surface area contributed by atoms with E-state index >= 15 is 0 Å². The number of nitrogens with zero attached hydrogens (tertiary/aromatic N) is 1. The maximum atomic E-state index is 10.3. The Morgan fingerprint density at radius 1 is 1.14 bits per heavy atom. The standard InChI is InChI=1S/C21H35N3O3.HI/c1-3-22-21(23-14-15-27-19-8-6-4-5-7-9-19)24-16-20(25)17-10-12-18(26-2)13-11-17;/h10-13,19-20,25H,3-9,14-16H2,1-2H3,(H2,22,23,24);1H. The van der Waals surface area contributed by atoms with Gasteiger partial charge in [-0.3, -0.25) is 4.99 Å². The van der Waals surface area contributed by atoms with E-state index in [0.29, 0.717) is 31.8 Å². The number of ether oxygens (including phenoxy) is 2. The molecule has 7 heteroatoms. The largest absolute Gasteiger partial charge is 0.497 e. The molecule has 1 saturated carbocycles. The summed E-state index contributed by atoms with van der Waals surface area (Å²) < 4.78 is 11.1. The summed E-state index contributed by atoms with van der Waals surface area (Å²) in [4.78, 5) is 4.49. The molecule has 3 N–H and O–H groups in total. The molecule has 6 nitrogen and oxygen atoms in total. The molecule has 1 aliphatic rings. The van der Waals surface area contributed by atoms with Gasteiger partial charge in [0.1, 0.15) is 5.75 Å². The van der Waals surface area contributed by atoms with Crippen molar-refractivity contribution in [2.75, 3.05) is 33.4 Å². The van der Waals surface area contributed by atoms with Gasteiger partial charge in [-0.2, -0.15) is 0 Å². The lowest BCUT2D eigenvalue weighted by Crippen LogP contribution is -2.39. The van der Waals surface area contributed by atoms with Gasteiger partial charge in [-0.25, -0.2) is 0 Å². The highest BCUT2D eigenvalue weighted by molar-refractivity contribution is 14.0. The highest BCUT2D eigenvalue weighted by Crippen LogP contribution is 2.19. The first-order chi connectivity index (χ1) is 13.2. The monoisotopic (exact) mass is 505 g/mol. The number of aliphatic hydroxyl groups is 1. The smallest absolute Gasteiger partial charge is 0.191 e. The first kappa shape index (κ1) is 25.0. The lowest BCUT2D eigenvalue weighted by atomic mass is 10.1. The molecule has 0 spiro atoms. The summed E-state index contributed by atoms with van der Waals surface area (Å²) >= 11 is 0. The summed E-state index contributed by atoms with van der Waals surface area (Å²) in [5.74, 6) is 1.48. The zero-order valence-corrected chi connectivity index (χ0v) is 19.5. The molecular formula is C21H36IN3O3. The molecule has 1 unspecified atom stereocenters. The van der Waals surface area contributed by atoms with Crippen LogP contribution in [0.3, 0.4) is 0 Å². The van der Waals surface area contributed by atoms with Gasteiger partial charge in [-0.1, -0.05) is 37.8 Å². The summed E-state index contributed by atoms with van der Waals surface area (Å²) in [5.41, 5.74) is 0.826. The number of hydrogen-bond acceptors (Lipinski definition) is 4. The van der Waals surface area contributed by atoms with Gasteiger partial charge in [0.15, 0.2) is 5.96 Å². The number of halogens is 1. The van der Waals surface area contributed by atoms with Crippen molar-refractivity contribution >= 4 is 29.9 Å². The highest BCUT2D eigenvalue weighted by atomic mass is 127. The molecule has 1 aromatic rings. The van der Waals surface area contributed by atoms with Crippen LogP contribution in [-0.2, 0) is 4.74 Å². The van der Waals surface area contributed by atoms with E-state index in [-0.39, 0.29) is 24.0 Å². The summed E-state index contributed by atoms with van der Waals surface area (Å²) in [6.45, 7) is 4.48. The van der Waals surface area contributed by atoms with Crippen molar-refractivity contribution in [2.24, 2.45) is 4.99 Å². The molecule has 28 heavy (non-hydrogen) atoms. The van der Waals surface area contributed by atoms with Gasteiger partial charge in [0.2, 0.25) is 0 Å². The zero-order chi connectivity index (χ0) is 19.3. The van der Waals surface area contributed by atoms with Crippen molar-refractivity contribution in [3.8, 4) is 5.75 Å². The minimum Gasteiger partial charge on any atom is -0.497 e. The SMILES string of the molecule is CCNC(=NCC(O)c1ccc(OC)cc1)NCCOC1CCCCCC1.I. The third-order valence-corrected chi connectivity index (χ3v) is 4.82. The average molecular weight is 505 g/mol. The molecule has 0 radical (unpaired) electrons. The Labute approximate surface area is 186 Å². The van der Waals surface area contributed by atoms with Crippen LogP contribution < -0.4 is 15.4 Å². The Balaban J connectivity index is 0.00000392. The molecule has 0 aromatic heterocycles. The quantitative estimate of drug-likeness (QED) is 0.157. The lowest BCUT2D eigenvalue weighted by molar-refractivity contribution is 0.0468. The Morgan fingerprint density at radius 3 is 2.43 bits per heavy atom. The molecule has 1 aromatic carbocycles. The van der Waals surface area contributed by atoms with E-state index in [9.17, 15) is 5.11 Å². The predicted octanol–water partition coefficient (Wildman–Crippen LogP) is 3.64. The van der Waals surface area contributed by atoms with E-state index in [4.69, 9.17) is 9.47 Å². The van der Waals surface area contributed by atoms with E-state index in [0.717, 1.165) is 17.9 Å². The minimum atomic E-state index is -0.645. The molecule has 1 atom stereocenters. The minimum absolute atomic E-state index is 0. The number of methoxy groups -OCH3 is 1. The molecule has 160 valence electrons. The second-order valence-electron chi connectivity index (χ2n) is 6.92. The van der Waals surface area contributed by atoms with Crippen LogP contribution in [0.5, 0.6) is 5.75 Å². The Kier molecular flexibility index (Phi) is 13.3. The van der Waals surface area contributed by atoms with Gasteiger partial charge in [0, 0.05) is 13.1 Å². The van der Waals surface area contributed by atoms with Crippen molar-refractivity contribution in [2.45, 2.75) is 57.7 Å². The number of hydrogen-bond donors (Lipinski definition) is 3. The number of guanidine groups is 1. The van der Waals surface area contributed by atoms with E-state index in [2.05, 4.69) is 15.6 Å². The number of nitrogens with one attached hydrogen (secondary N) is 2. The van der Waals surface area contributed by atoms with Crippen LogP contribution in [0, 0.1) is 0 Å². The van der Waals surface area contributed by atoms with Crippen LogP contribution in [-0.4, -0.2) is 50.5 Å². The summed E-state index contributed by atoms with van der Waals surface area (Å²) in [5, 5.41) is 16.8.